The van der Waals surface area contributed by atoms with Gasteiger partial charge >= 0.3 is 0 Å². The topological polar surface area (TPSA) is 100 Å². The third-order valence-corrected chi connectivity index (χ3v) is 5.85. The van der Waals surface area contributed by atoms with Gasteiger partial charge in [0, 0.05) is 5.56 Å². The van der Waals surface area contributed by atoms with Crippen LogP contribution in [0.15, 0.2) is 64.8 Å². The van der Waals surface area contributed by atoms with Gasteiger partial charge in [0.2, 0.25) is 0 Å². The first-order valence-corrected chi connectivity index (χ1v) is 11.2. The van der Waals surface area contributed by atoms with Crippen LogP contribution in [0.5, 0.6) is 11.5 Å². The first-order chi connectivity index (χ1) is 16.2. The molecule has 1 aromatic heterocycles. The second-order valence-electron chi connectivity index (χ2n) is 8.52. The Hall–Kier alpha value is -4.00. The molecule has 176 valence electrons. The Morgan fingerprint density at radius 1 is 1.15 bits per heavy atom. The highest BCUT2D eigenvalue weighted by Crippen LogP contribution is 2.45. The molecule has 3 aromatic rings. The lowest BCUT2D eigenvalue weighted by Crippen LogP contribution is -2.29. The fourth-order valence-electron chi connectivity index (χ4n) is 4.21. The van der Waals surface area contributed by atoms with Gasteiger partial charge in [-0.05, 0) is 73.4 Å². The van der Waals surface area contributed by atoms with Crippen molar-refractivity contribution in [3.05, 3.63) is 82.8 Å². The number of anilines is 1. The predicted molar refractivity (Wildman–Crippen MR) is 128 cm³/mol. The fraction of sp³-hybridized carbons (Fsp3) is 0.259. The third kappa shape index (κ3) is 3.94. The van der Waals surface area contributed by atoms with E-state index in [1.807, 2.05) is 27.7 Å². The molecule has 1 fully saturated rings. The van der Waals surface area contributed by atoms with Gasteiger partial charge in [-0.1, -0.05) is 19.9 Å². The number of ketones is 1. The number of rotatable bonds is 6. The molecule has 1 amide bonds. The van der Waals surface area contributed by atoms with Gasteiger partial charge in [-0.25, -0.2) is 0 Å². The summed E-state index contributed by atoms with van der Waals surface area (Å²) >= 11 is 0. The van der Waals surface area contributed by atoms with E-state index in [-0.39, 0.29) is 34.4 Å². The molecule has 0 aliphatic carbocycles. The second-order valence-corrected chi connectivity index (χ2v) is 8.52. The molecule has 7 heteroatoms. The molecule has 1 saturated heterocycles. The standard InChI is InChI=1S/C27H27NO6/c1-5-33-21-11-9-17(14-18(21)15(2)3)25(30)23-24(22-7-6-12-34-22)28(27(32)26(23)31)19-13-16(4)8-10-20(19)29/h6-15,24,29-30H,5H2,1-4H3/b25-23-. The van der Waals surface area contributed by atoms with Crippen molar-refractivity contribution >= 4 is 23.1 Å². The van der Waals surface area contributed by atoms with E-state index in [2.05, 4.69) is 0 Å². The average Bonchev–Trinajstić information content (AvgIpc) is 3.42. The van der Waals surface area contributed by atoms with E-state index in [4.69, 9.17) is 9.15 Å². The largest absolute Gasteiger partial charge is 0.507 e. The molecule has 1 aliphatic heterocycles. The smallest absolute Gasteiger partial charge is 0.300 e. The van der Waals surface area contributed by atoms with Crippen molar-refractivity contribution < 1.29 is 29.0 Å². The normalized spacial score (nSPS) is 17.6. The van der Waals surface area contributed by atoms with E-state index >= 15 is 0 Å². The van der Waals surface area contributed by atoms with Gasteiger partial charge in [0.1, 0.15) is 29.1 Å². The number of amides is 1. The molecule has 2 N–H and O–H groups in total. The number of carbonyl (C=O) groups is 2. The highest BCUT2D eigenvalue weighted by atomic mass is 16.5. The number of aliphatic hydroxyl groups is 1. The molecule has 0 saturated carbocycles. The number of hydrogen-bond donors (Lipinski definition) is 2. The summed E-state index contributed by atoms with van der Waals surface area (Å²) in [5.41, 5.74) is 2.10. The molecule has 0 bridgehead atoms. The number of phenols is 1. The van der Waals surface area contributed by atoms with E-state index in [1.54, 1.807) is 42.5 Å². The number of benzene rings is 2. The SMILES string of the molecule is CCOc1ccc(/C(O)=C2/C(=O)C(=O)N(c3cc(C)ccc3O)C2c2ccco2)cc1C(C)C. The van der Waals surface area contributed by atoms with Crippen LogP contribution in [0.2, 0.25) is 0 Å². The molecule has 34 heavy (non-hydrogen) atoms. The zero-order chi connectivity index (χ0) is 24.6. The van der Waals surface area contributed by atoms with Gasteiger partial charge in [0.05, 0.1) is 24.1 Å². The van der Waals surface area contributed by atoms with E-state index in [0.29, 0.717) is 17.9 Å². The molecular formula is C27H27NO6. The van der Waals surface area contributed by atoms with E-state index < -0.39 is 17.7 Å². The summed E-state index contributed by atoms with van der Waals surface area (Å²) in [5.74, 6) is -1.12. The molecular weight excluding hydrogens is 434 g/mol. The Balaban J connectivity index is 1.93. The molecule has 2 heterocycles. The van der Waals surface area contributed by atoms with Crippen molar-refractivity contribution in [2.24, 2.45) is 0 Å². The Morgan fingerprint density at radius 3 is 2.56 bits per heavy atom. The lowest BCUT2D eigenvalue weighted by Gasteiger charge is -2.24. The van der Waals surface area contributed by atoms with Gasteiger partial charge in [0.25, 0.3) is 11.7 Å². The van der Waals surface area contributed by atoms with Crippen molar-refractivity contribution in [1.82, 2.24) is 0 Å². The summed E-state index contributed by atoms with van der Waals surface area (Å²) in [4.78, 5) is 27.6. The number of carbonyl (C=O) groups excluding carboxylic acids is 2. The number of nitrogens with zero attached hydrogens (tertiary/aromatic N) is 1. The minimum atomic E-state index is -1.04. The summed E-state index contributed by atoms with van der Waals surface area (Å²) < 4.78 is 11.3. The first kappa shape index (κ1) is 23.2. The number of furan rings is 1. The molecule has 4 rings (SSSR count). The molecule has 1 unspecified atom stereocenters. The Bertz CT molecular complexity index is 1270. The van der Waals surface area contributed by atoms with Crippen LogP contribution in [0, 0.1) is 6.92 Å². The van der Waals surface area contributed by atoms with E-state index in [9.17, 15) is 19.8 Å². The van der Waals surface area contributed by atoms with Gasteiger partial charge in [0.15, 0.2) is 0 Å². The highest BCUT2D eigenvalue weighted by Gasteiger charge is 2.49. The summed E-state index contributed by atoms with van der Waals surface area (Å²) in [6, 6.07) is 12.2. The zero-order valence-corrected chi connectivity index (χ0v) is 19.5. The number of phenolic OH excluding ortho intramolecular Hbond substituents is 1. The number of Topliss-reactive ketones (excluding diaryl/α,β-unsaturated/α-hetero) is 1. The van der Waals surface area contributed by atoms with Crippen LogP contribution in [0.4, 0.5) is 5.69 Å². The monoisotopic (exact) mass is 461 g/mol. The van der Waals surface area contributed by atoms with Crippen molar-refractivity contribution in [3.63, 3.8) is 0 Å². The molecule has 7 nitrogen and oxygen atoms in total. The minimum Gasteiger partial charge on any atom is -0.507 e. The Morgan fingerprint density at radius 2 is 1.91 bits per heavy atom. The summed E-state index contributed by atoms with van der Waals surface area (Å²) in [6.45, 7) is 8.21. The number of ether oxygens (including phenoxy) is 1. The van der Waals surface area contributed by atoms with Gasteiger partial charge in [-0.2, -0.15) is 0 Å². The van der Waals surface area contributed by atoms with Crippen LogP contribution in [0.1, 0.15) is 55.2 Å². The van der Waals surface area contributed by atoms with Gasteiger partial charge in [-0.3, -0.25) is 14.5 Å². The van der Waals surface area contributed by atoms with Crippen LogP contribution >= 0.6 is 0 Å². The number of aliphatic hydroxyl groups excluding tert-OH is 1. The van der Waals surface area contributed by atoms with E-state index in [0.717, 1.165) is 11.1 Å². The Kier molecular flexibility index (Phi) is 6.20. The van der Waals surface area contributed by atoms with Crippen molar-refractivity contribution in [2.75, 3.05) is 11.5 Å². The van der Waals surface area contributed by atoms with Crippen LogP contribution in [-0.2, 0) is 9.59 Å². The zero-order valence-electron chi connectivity index (χ0n) is 19.5. The van der Waals surface area contributed by atoms with Gasteiger partial charge < -0.3 is 19.4 Å². The third-order valence-electron chi connectivity index (χ3n) is 5.85. The van der Waals surface area contributed by atoms with Crippen molar-refractivity contribution in [3.8, 4) is 11.5 Å². The first-order valence-electron chi connectivity index (χ1n) is 11.2. The maximum absolute atomic E-state index is 13.2. The maximum atomic E-state index is 13.2. The minimum absolute atomic E-state index is 0.0989. The lowest BCUT2D eigenvalue weighted by atomic mass is 9.95. The second kappa shape index (κ2) is 9.09. The molecule has 2 aromatic carbocycles. The van der Waals surface area contributed by atoms with Crippen LogP contribution < -0.4 is 9.64 Å². The Labute approximate surface area is 197 Å². The highest BCUT2D eigenvalue weighted by molar-refractivity contribution is 6.51. The summed E-state index contributed by atoms with van der Waals surface area (Å²) in [7, 11) is 0. The van der Waals surface area contributed by atoms with E-state index in [1.165, 1.54) is 17.2 Å². The van der Waals surface area contributed by atoms with Crippen molar-refractivity contribution in [1.29, 1.82) is 0 Å². The summed E-state index contributed by atoms with van der Waals surface area (Å²) in [5, 5.41) is 21.8. The molecule has 0 radical (unpaired) electrons. The summed E-state index contributed by atoms with van der Waals surface area (Å²) in [6.07, 6.45) is 1.43. The quantitative estimate of drug-likeness (QED) is 0.288. The predicted octanol–water partition coefficient (Wildman–Crippen LogP) is 5.44. The number of hydrogen-bond acceptors (Lipinski definition) is 6. The number of aryl methyl sites for hydroxylation is 1. The van der Waals surface area contributed by atoms with Crippen LogP contribution in [-0.4, -0.2) is 28.5 Å². The molecule has 1 aliphatic rings. The number of aromatic hydroxyl groups is 1. The average molecular weight is 462 g/mol. The fourth-order valence-corrected chi connectivity index (χ4v) is 4.21. The van der Waals surface area contributed by atoms with Crippen molar-refractivity contribution in [2.45, 2.75) is 39.7 Å². The van der Waals surface area contributed by atoms with Crippen LogP contribution in [0.3, 0.4) is 0 Å². The van der Waals surface area contributed by atoms with Crippen LogP contribution in [0.25, 0.3) is 5.76 Å². The van der Waals surface area contributed by atoms with Gasteiger partial charge in [-0.15, -0.1) is 0 Å². The molecule has 0 spiro atoms. The lowest BCUT2D eigenvalue weighted by molar-refractivity contribution is -0.132. The maximum Gasteiger partial charge on any atom is 0.300 e. The molecule has 1 atom stereocenters.